The van der Waals surface area contributed by atoms with Gasteiger partial charge in [0.1, 0.15) is 11.8 Å². The predicted molar refractivity (Wildman–Crippen MR) is 94.1 cm³/mol. The van der Waals surface area contributed by atoms with Crippen LogP contribution in [0.5, 0.6) is 5.88 Å². The average Bonchev–Trinajstić information content (AvgIpc) is 3.04. The topological polar surface area (TPSA) is 72.6 Å². The summed E-state index contributed by atoms with van der Waals surface area (Å²) in [6, 6.07) is 1.92. The molecule has 1 N–H and O–H groups in total. The minimum atomic E-state index is 0.0878. The van der Waals surface area contributed by atoms with Crippen LogP contribution in [0.4, 0.5) is 0 Å². The zero-order valence-electron chi connectivity index (χ0n) is 14.3. The largest absolute Gasteiger partial charge is 0.481 e. The molecule has 0 aromatic carbocycles. The molecule has 0 radical (unpaired) electrons. The summed E-state index contributed by atoms with van der Waals surface area (Å²) in [5, 5.41) is 8.80. The number of likely N-dealkylation sites (tertiary alicyclic amines) is 1. The number of aliphatic hydroxyl groups excluding tert-OH is 1. The molecule has 2 aliphatic rings. The molecule has 1 aliphatic carbocycles. The number of methoxy groups -OCH3 is 1. The summed E-state index contributed by atoms with van der Waals surface area (Å²) in [4.78, 5) is 11.0. The van der Waals surface area contributed by atoms with Crippen LogP contribution < -0.4 is 4.74 Å². The van der Waals surface area contributed by atoms with Crippen LogP contribution in [-0.2, 0) is 4.74 Å². The first-order chi connectivity index (χ1) is 12.3. The van der Waals surface area contributed by atoms with E-state index in [2.05, 4.69) is 31.6 Å². The fourth-order valence-electron chi connectivity index (χ4n) is 3.31. The molecule has 7 nitrogen and oxygen atoms in total. The van der Waals surface area contributed by atoms with Gasteiger partial charge in [-0.1, -0.05) is 0 Å². The highest BCUT2D eigenvalue weighted by Gasteiger charge is 2.29. The van der Waals surface area contributed by atoms with Gasteiger partial charge in [0.25, 0.3) is 0 Å². The van der Waals surface area contributed by atoms with Gasteiger partial charge in [-0.15, -0.1) is 0 Å². The Morgan fingerprint density at radius 2 is 2.00 bits per heavy atom. The van der Waals surface area contributed by atoms with Crippen LogP contribution in [-0.4, -0.2) is 64.1 Å². The molecular weight excluding hydrogens is 320 g/mol. The summed E-state index contributed by atoms with van der Waals surface area (Å²) in [7, 11) is 1.62. The molecule has 2 aromatic heterocycles. The second-order valence-corrected chi connectivity index (χ2v) is 6.27. The van der Waals surface area contributed by atoms with E-state index < -0.39 is 0 Å². The maximum Gasteiger partial charge on any atom is 0.215 e. The molecular formula is C18H22N4O3. The summed E-state index contributed by atoms with van der Waals surface area (Å²) in [6.07, 6.45) is 10.1. The average molecular weight is 342 g/mol. The third-order valence-electron chi connectivity index (χ3n) is 4.73. The van der Waals surface area contributed by atoms with E-state index in [4.69, 9.17) is 14.6 Å². The molecule has 1 saturated heterocycles. The molecule has 7 heteroatoms. The summed E-state index contributed by atoms with van der Waals surface area (Å²) < 4.78 is 12.9. The van der Waals surface area contributed by atoms with Crippen molar-refractivity contribution in [2.75, 3.05) is 33.4 Å². The van der Waals surface area contributed by atoms with E-state index in [9.17, 15) is 0 Å². The van der Waals surface area contributed by atoms with E-state index in [0.29, 0.717) is 12.5 Å². The number of hydrogen-bond acceptors (Lipinski definition) is 6. The Morgan fingerprint density at radius 1 is 1.20 bits per heavy atom. The Morgan fingerprint density at radius 3 is 2.72 bits per heavy atom. The number of pyridine rings is 1. The van der Waals surface area contributed by atoms with Gasteiger partial charge in [0.2, 0.25) is 5.88 Å². The SMILES string of the molecule is COc1cc2c(cn1)ncn2C1=CC=C(N2CC(OCCO)C2)CC1. The monoisotopic (exact) mass is 342 g/mol. The summed E-state index contributed by atoms with van der Waals surface area (Å²) >= 11 is 0. The lowest BCUT2D eigenvalue weighted by atomic mass is 10.0. The van der Waals surface area contributed by atoms with Crippen molar-refractivity contribution in [3.63, 3.8) is 0 Å². The van der Waals surface area contributed by atoms with Crippen molar-refractivity contribution in [1.82, 2.24) is 19.4 Å². The minimum Gasteiger partial charge on any atom is -0.481 e. The highest BCUT2D eigenvalue weighted by molar-refractivity contribution is 5.79. The maximum absolute atomic E-state index is 8.80. The molecule has 0 bridgehead atoms. The first kappa shape index (κ1) is 16.1. The zero-order valence-corrected chi connectivity index (χ0v) is 14.3. The van der Waals surface area contributed by atoms with Crippen LogP contribution >= 0.6 is 0 Å². The molecule has 0 amide bonds. The number of aliphatic hydroxyl groups is 1. The fourth-order valence-corrected chi connectivity index (χ4v) is 3.31. The Kier molecular flexibility index (Phi) is 4.42. The van der Waals surface area contributed by atoms with Crippen LogP contribution in [0.25, 0.3) is 16.7 Å². The Bertz CT molecular complexity index is 821. The molecule has 0 spiro atoms. The van der Waals surface area contributed by atoms with Gasteiger partial charge >= 0.3 is 0 Å². The van der Waals surface area contributed by atoms with Crippen LogP contribution in [0.3, 0.4) is 0 Å². The third kappa shape index (κ3) is 3.12. The molecule has 0 atom stereocenters. The van der Waals surface area contributed by atoms with Crippen molar-refractivity contribution in [3.8, 4) is 5.88 Å². The number of aromatic nitrogens is 3. The normalized spacial score (nSPS) is 18.1. The molecule has 1 aliphatic heterocycles. The molecule has 4 rings (SSSR count). The van der Waals surface area contributed by atoms with Crippen molar-refractivity contribution in [1.29, 1.82) is 0 Å². The molecule has 1 fully saturated rings. The van der Waals surface area contributed by atoms with Gasteiger partial charge in [-0.25, -0.2) is 9.97 Å². The fraction of sp³-hybridized carbons (Fsp3) is 0.444. The van der Waals surface area contributed by atoms with Gasteiger partial charge in [0, 0.05) is 30.5 Å². The number of rotatable bonds is 6. The lowest BCUT2D eigenvalue weighted by Crippen LogP contribution is -2.51. The summed E-state index contributed by atoms with van der Waals surface area (Å²) in [6.45, 7) is 2.33. The number of hydrogen-bond donors (Lipinski definition) is 1. The van der Waals surface area contributed by atoms with Crippen LogP contribution in [0.1, 0.15) is 12.8 Å². The molecule has 0 unspecified atom stereocenters. The summed E-state index contributed by atoms with van der Waals surface area (Å²) in [5.74, 6) is 0.594. The second-order valence-electron chi connectivity index (χ2n) is 6.27. The van der Waals surface area contributed by atoms with Gasteiger partial charge in [0.15, 0.2) is 0 Å². The van der Waals surface area contributed by atoms with E-state index in [1.54, 1.807) is 13.3 Å². The van der Waals surface area contributed by atoms with E-state index in [1.165, 1.54) is 11.4 Å². The predicted octanol–water partition coefficient (Wildman–Crippen LogP) is 1.65. The van der Waals surface area contributed by atoms with E-state index >= 15 is 0 Å². The van der Waals surface area contributed by atoms with Gasteiger partial charge in [-0.05, 0) is 25.0 Å². The van der Waals surface area contributed by atoms with Crippen molar-refractivity contribution in [2.24, 2.45) is 0 Å². The standard InChI is InChI=1S/C18H22N4O3/c1-24-18-8-17-16(9-19-18)20-12-22(17)14-4-2-13(3-5-14)21-10-15(11-21)25-7-6-23/h2,4,8-9,12,15,23H,3,5-7,10-11H2,1H3. The zero-order chi connectivity index (χ0) is 17.2. The number of nitrogens with zero attached hydrogens (tertiary/aromatic N) is 4. The van der Waals surface area contributed by atoms with Gasteiger partial charge in [-0.2, -0.15) is 0 Å². The highest BCUT2D eigenvalue weighted by atomic mass is 16.5. The van der Waals surface area contributed by atoms with Crippen LogP contribution in [0, 0.1) is 0 Å². The lowest BCUT2D eigenvalue weighted by molar-refractivity contribution is -0.0511. The quantitative estimate of drug-likeness (QED) is 0.861. The number of imidazole rings is 1. The van der Waals surface area contributed by atoms with E-state index in [-0.39, 0.29) is 12.7 Å². The Hall–Kier alpha value is -2.38. The van der Waals surface area contributed by atoms with Crippen molar-refractivity contribution >= 4 is 16.7 Å². The third-order valence-corrected chi connectivity index (χ3v) is 4.73. The van der Waals surface area contributed by atoms with Crippen molar-refractivity contribution in [2.45, 2.75) is 18.9 Å². The Labute approximate surface area is 146 Å². The number of allylic oxidation sites excluding steroid dienone is 4. The molecule has 0 saturated carbocycles. The second kappa shape index (κ2) is 6.85. The summed E-state index contributed by atoms with van der Waals surface area (Å²) in [5.41, 5.74) is 4.43. The Balaban J connectivity index is 1.48. The van der Waals surface area contributed by atoms with Gasteiger partial charge in [0.05, 0.1) is 38.1 Å². The first-order valence-electron chi connectivity index (χ1n) is 8.53. The number of ether oxygens (including phenoxy) is 2. The van der Waals surface area contributed by atoms with E-state index in [1.807, 2.05) is 12.4 Å². The van der Waals surface area contributed by atoms with Crippen LogP contribution in [0.15, 0.2) is 36.4 Å². The van der Waals surface area contributed by atoms with Crippen molar-refractivity contribution < 1.29 is 14.6 Å². The highest BCUT2D eigenvalue weighted by Crippen LogP contribution is 2.30. The molecule has 25 heavy (non-hydrogen) atoms. The van der Waals surface area contributed by atoms with Gasteiger partial charge in [-0.3, -0.25) is 0 Å². The molecule has 2 aromatic rings. The lowest BCUT2D eigenvalue weighted by Gasteiger charge is -2.42. The smallest absolute Gasteiger partial charge is 0.215 e. The molecule has 3 heterocycles. The first-order valence-corrected chi connectivity index (χ1v) is 8.53. The van der Waals surface area contributed by atoms with Crippen LogP contribution in [0.2, 0.25) is 0 Å². The van der Waals surface area contributed by atoms with E-state index in [0.717, 1.165) is 37.0 Å². The van der Waals surface area contributed by atoms with Gasteiger partial charge < -0.3 is 24.0 Å². The maximum atomic E-state index is 8.80. The van der Waals surface area contributed by atoms with Crippen molar-refractivity contribution in [3.05, 3.63) is 36.4 Å². The minimum absolute atomic E-state index is 0.0878. The molecule has 132 valence electrons. The number of fused-ring (bicyclic) bond motifs is 1.